The Morgan fingerprint density at radius 3 is 2.79 bits per heavy atom. The van der Waals surface area contributed by atoms with Crippen LogP contribution in [0.1, 0.15) is 5.56 Å². The minimum Gasteiger partial charge on any atom is -0.294 e. The summed E-state index contributed by atoms with van der Waals surface area (Å²) in [5, 5.41) is 3.06. The molecule has 0 unspecified atom stereocenters. The molecule has 0 aliphatic heterocycles. The van der Waals surface area contributed by atoms with E-state index in [1.54, 1.807) is 0 Å². The van der Waals surface area contributed by atoms with Gasteiger partial charge in [0.25, 0.3) is 0 Å². The van der Waals surface area contributed by atoms with Gasteiger partial charge in [-0.05, 0) is 55.0 Å². The quantitative estimate of drug-likeness (QED) is 0.455. The van der Waals surface area contributed by atoms with Crippen molar-refractivity contribution in [3.05, 3.63) is 59.2 Å². The Balaban J connectivity index is 2.36. The summed E-state index contributed by atoms with van der Waals surface area (Å²) < 4.78 is 2.20. The summed E-state index contributed by atoms with van der Waals surface area (Å²) in [7, 11) is 0. The van der Waals surface area contributed by atoms with E-state index in [0.717, 1.165) is 27.0 Å². The molecule has 2 nitrogen and oxygen atoms in total. The summed E-state index contributed by atoms with van der Waals surface area (Å²) in [6.07, 6.45) is 1.83. The summed E-state index contributed by atoms with van der Waals surface area (Å²) in [6, 6.07) is 14.4. The molecule has 3 aromatic heterocycles. The van der Waals surface area contributed by atoms with Crippen molar-refractivity contribution >= 4 is 39.1 Å². The second-order valence-corrected chi connectivity index (χ2v) is 5.25. The third-order valence-corrected chi connectivity index (χ3v) is 3.80. The molecule has 0 saturated heterocycles. The molecule has 4 aromatic rings. The van der Waals surface area contributed by atoms with Gasteiger partial charge in [-0.15, -0.1) is 0 Å². The van der Waals surface area contributed by atoms with Crippen LogP contribution in [0.15, 0.2) is 48.7 Å². The molecule has 1 aromatic carbocycles. The summed E-state index contributed by atoms with van der Waals surface area (Å²) in [4.78, 5) is 4.51. The number of fused-ring (bicyclic) bond motifs is 5. The monoisotopic (exact) mass is 266 g/mol. The maximum Gasteiger partial charge on any atom is 0.144 e. The second-order valence-electron chi connectivity index (χ2n) is 4.81. The normalized spacial score (nSPS) is 11.7. The molecule has 0 radical (unpaired) electrons. The smallest absolute Gasteiger partial charge is 0.144 e. The highest BCUT2D eigenvalue weighted by molar-refractivity contribution is 6.31. The minimum atomic E-state index is 0.760. The van der Waals surface area contributed by atoms with Crippen LogP contribution in [0.4, 0.5) is 0 Å². The number of hydrogen-bond donors (Lipinski definition) is 0. The summed E-state index contributed by atoms with van der Waals surface area (Å²) in [6.45, 7) is 2.12. The first kappa shape index (κ1) is 10.8. The lowest BCUT2D eigenvalue weighted by molar-refractivity contribution is 1.23. The first-order valence-electron chi connectivity index (χ1n) is 6.19. The van der Waals surface area contributed by atoms with Crippen LogP contribution in [-0.4, -0.2) is 9.38 Å². The standard InChI is InChI=1S/C16H11ClN2/c1-10-7-12-8-13(17)4-5-14(12)19-15(10)9-11-3-2-6-18-16(11)19/h2-9H,1H3. The van der Waals surface area contributed by atoms with Crippen molar-refractivity contribution in [2.24, 2.45) is 0 Å². The molecule has 0 bridgehead atoms. The van der Waals surface area contributed by atoms with E-state index < -0.39 is 0 Å². The van der Waals surface area contributed by atoms with Crippen molar-refractivity contribution in [3.8, 4) is 0 Å². The first-order chi connectivity index (χ1) is 9.24. The number of halogens is 1. The van der Waals surface area contributed by atoms with Crippen LogP contribution in [0.3, 0.4) is 0 Å². The van der Waals surface area contributed by atoms with E-state index >= 15 is 0 Å². The number of nitrogens with zero attached hydrogens (tertiary/aromatic N) is 2. The zero-order valence-electron chi connectivity index (χ0n) is 10.4. The Morgan fingerprint density at radius 2 is 1.89 bits per heavy atom. The lowest BCUT2D eigenvalue weighted by Crippen LogP contribution is -1.91. The second kappa shape index (κ2) is 3.72. The molecule has 0 atom stereocenters. The minimum absolute atomic E-state index is 0.760. The fourth-order valence-electron chi connectivity index (χ4n) is 2.72. The topological polar surface area (TPSA) is 17.3 Å². The largest absolute Gasteiger partial charge is 0.294 e. The average molecular weight is 267 g/mol. The van der Waals surface area contributed by atoms with Crippen LogP contribution in [0, 0.1) is 6.92 Å². The molecule has 0 aliphatic carbocycles. The predicted octanol–water partition coefficient (Wildman–Crippen LogP) is 4.60. The van der Waals surface area contributed by atoms with Gasteiger partial charge in [0, 0.05) is 22.0 Å². The third-order valence-electron chi connectivity index (χ3n) is 3.57. The van der Waals surface area contributed by atoms with Crippen LogP contribution < -0.4 is 0 Å². The van der Waals surface area contributed by atoms with Gasteiger partial charge in [0.1, 0.15) is 5.65 Å². The predicted molar refractivity (Wildman–Crippen MR) is 80.0 cm³/mol. The average Bonchev–Trinajstić information content (AvgIpc) is 2.79. The maximum absolute atomic E-state index is 6.09. The summed E-state index contributed by atoms with van der Waals surface area (Å²) in [5.74, 6) is 0. The van der Waals surface area contributed by atoms with Crippen LogP contribution in [0.2, 0.25) is 5.02 Å². The van der Waals surface area contributed by atoms with Crippen molar-refractivity contribution in [1.29, 1.82) is 0 Å². The highest BCUT2D eigenvalue weighted by atomic mass is 35.5. The van der Waals surface area contributed by atoms with E-state index in [0.29, 0.717) is 0 Å². The molecule has 0 spiro atoms. The fraction of sp³-hybridized carbons (Fsp3) is 0.0625. The molecule has 0 saturated carbocycles. The van der Waals surface area contributed by atoms with Crippen molar-refractivity contribution in [1.82, 2.24) is 9.38 Å². The SMILES string of the molecule is Cc1cc2cc(Cl)ccc2n2c1cc1cccnc12. The van der Waals surface area contributed by atoms with E-state index in [4.69, 9.17) is 11.6 Å². The van der Waals surface area contributed by atoms with Crippen molar-refractivity contribution in [2.45, 2.75) is 6.92 Å². The van der Waals surface area contributed by atoms with Crippen molar-refractivity contribution in [2.75, 3.05) is 0 Å². The molecular weight excluding hydrogens is 256 g/mol. The van der Waals surface area contributed by atoms with Crippen molar-refractivity contribution < 1.29 is 0 Å². The number of rotatable bonds is 0. The summed E-state index contributed by atoms with van der Waals surface area (Å²) in [5.41, 5.74) is 4.56. The molecule has 3 heteroatoms. The number of aryl methyl sites for hydroxylation is 1. The zero-order chi connectivity index (χ0) is 13.0. The lowest BCUT2D eigenvalue weighted by atomic mass is 10.1. The van der Waals surface area contributed by atoms with Gasteiger partial charge in [-0.1, -0.05) is 11.6 Å². The van der Waals surface area contributed by atoms with Crippen LogP contribution in [0.25, 0.3) is 27.5 Å². The molecule has 19 heavy (non-hydrogen) atoms. The summed E-state index contributed by atoms with van der Waals surface area (Å²) >= 11 is 6.09. The fourth-order valence-corrected chi connectivity index (χ4v) is 2.90. The molecule has 0 amide bonds. The Morgan fingerprint density at radius 1 is 1.00 bits per heavy atom. The molecule has 0 N–H and O–H groups in total. The van der Waals surface area contributed by atoms with Gasteiger partial charge in [-0.25, -0.2) is 4.98 Å². The number of pyridine rings is 2. The van der Waals surface area contributed by atoms with Gasteiger partial charge in [0.2, 0.25) is 0 Å². The van der Waals surface area contributed by atoms with E-state index in [-0.39, 0.29) is 0 Å². The van der Waals surface area contributed by atoms with Crippen LogP contribution >= 0.6 is 11.6 Å². The molecule has 92 valence electrons. The van der Waals surface area contributed by atoms with Crippen molar-refractivity contribution in [3.63, 3.8) is 0 Å². The maximum atomic E-state index is 6.09. The van der Waals surface area contributed by atoms with Gasteiger partial charge in [-0.3, -0.25) is 4.40 Å². The van der Waals surface area contributed by atoms with Gasteiger partial charge in [-0.2, -0.15) is 0 Å². The van der Waals surface area contributed by atoms with Gasteiger partial charge < -0.3 is 0 Å². The van der Waals surface area contributed by atoms with Gasteiger partial charge in [0.15, 0.2) is 0 Å². The van der Waals surface area contributed by atoms with Crippen LogP contribution in [-0.2, 0) is 0 Å². The number of aromatic nitrogens is 2. The van der Waals surface area contributed by atoms with Crippen LogP contribution in [0.5, 0.6) is 0 Å². The Kier molecular flexibility index (Phi) is 2.12. The molecule has 0 aliphatic rings. The number of benzene rings is 1. The molecule has 4 rings (SSSR count). The van der Waals surface area contributed by atoms with E-state index in [9.17, 15) is 0 Å². The van der Waals surface area contributed by atoms with Gasteiger partial charge >= 0.3 is 0 Å². The van der Waals surface area contributed by atoms with E-state index in [2.05, 4.69) is 40.6 Å². The molecule has 3 heterocycles. The Labute approximate surface area is 115 Å². The highest BCUT2D eigenvalue weighted by Gasteiger charge is 2.09. The van der Waals surface area contributed by atoms with Gasteiger partial charge in [0.05, 0.1) is 11.0 Å². The third kappa shape index (κ3) is 1.47. The van der Waals surface area contributed by atoms with E-state index in [1.807, 2.05) is 24.4 Å². The Bertz CT molecular complexity index is 938. The Hall–Kier alpha value is -2.06. The van der Waals surface area contributed by atoms with E-state index in [1.165, 1.54) is 11.1 Å². The zero-order valence-corrected chi connectivity index (χ0v) is 11.1. The molecule has 0 fully saturated rings. The highest BCUT2D eigenvalue weighted by Crippen LogP contribution is 2.28. The first-order valence-corrected chi connectivity index (χ1v) is 6.57. The lowest BCUT2D eigenvalue weighted by Gasteiger charge is -2.07. The number of hydrogen-bond acceptors (Lipinski definition) is 1. The molecular formula is C16H11ClN2.